The number of hydrogen-bond donors (Lipinski definition) is 1. The molecule has 4 rings (SSSR count). The predicted molar refractivity (Wildman–Crippen MR) is 122 cm³/mol. The summed E-state index contributed by atoms with van der Waals surface area (Å²) in [6, 6.07) is 13.0. The molecule has 10 heteroatoms. The maximum atomic E-state index is 12.7. The van der Waals surface area contributed by atoms with Crippen LogP contribution in [0.2, 0.25) is 5.02 Å². The summed E-state index contributed by atoms with van der Waals surface area (Å²) in [5, 5.41) is 12.6. The number of amides is 1. The summed E-state index contributed by atoms with van der Waals surface area (Å²) in [6.07, 6.45) is 0. The van der Waals surface area contributed by atoms with Gasteiger partial charge in [0.15, 0.2) is 22.5 Å². The Balaban J connectivity index is 1.42. The zero-order valence-corrected chi connectivity index (χ0v) is 19.3. The van der Waals surface area contributed by atoms with Gasteiger partial charge < -0.3 is 19.5 Å². The highest BCUT2D eigenvalue weighted by Gasteiger charge is 2.21. The van der Waals surface area contributed by atoms with Crippen LogP contribution in [0.25, 0.3) is 11.4 Å². The van der Waals surface area contributed by atoms with Gasteiger partial charge in [0.2, 0.25) is 12.7 Å². The minimum Gasteiger partial charge on any atom is -0.454 e. The summed E-state index contributed by atoms with van der Waals surface area (Å²) in [4.78, 5) is 12.7. The van der Waals surface area contributed by atoms with Crippen molar-refractivity contribution >= 4 is 29.3 Å². The van der Waals surface area contributed by atoms with E-state index in [1.54, 1.807) is 7.11 Å². The Bertz CT molecular complexity index is 1090. The number of carbonyl (C=O) groups excluding carboxylic acids is 1. The lowest BCUT2D eigenvalue weighted by atomic mass is 10.2. The summed E-state index contributed by atoms with van der Waals surface area (Å²) in [5.41, 5.74) is 1.83. The van der Waals surface area contributed by atoms with E-state index in [2.05, 4.69) is 15.5 Å². The maximum absolute atomic E-state index is 12.7. The standard InChI is InChI=1S/C22H23ClN4O4S/c1-14(21(28)24-12-15-3-8-18-19(11-15)31-13-30-18)32-22-26-25-20(27(22)9-10-29-2)16-4-6-17(23)7-5-16/h3-8,11,14H,9-10,12-13H2,1-2H3,(H,24,28). The molecule has 32 heavy (non-hydrogen) atoms. The van der Waals surface area contributed by atoms with Gasteiger partial charge in [-0.15, -0.1) is 10.2 Å². The van der Waals surface area contributed by atoms with E-state index < -0.39 is 0 Å². The molecule has 2 heterocycles. The molecule has 2 aromatic carbocycles. The van der Waals surface area contributed by atoms with Gasteiger partial charge in [0.25, 0.3) is 0 Å². The van der Waals surface area contributed by atoms with Crippen molar-refractivity contribution in [3.8, 4) is 22.9 Å². The van der Waals surface area contributed by atoms with Gasteiger partial charge in [0.05, 0.1) is 18.4 Å². The largest absolute Gasteiger partial charge is 0.454 e. The highest BCUT2D eigenvalue weighted by atomic mass is 35.5. The van der Waals surface area contributed by atoms with Gasteiger partial charge in [-0.2, -0.15) is 0 Å². The third-order valence-electron chi connectivity index (χ3n) is 4.89. The van der Waals surface area contributed by atoms with Crippen molar-refractivity contribution < 1.29 is 19.0 Å². The van der Waals surface area contributed by atoms with Crippen LogP contribution in [0.3, 0.4) is 0 Å². The molecule has 0 radical (unpaired) electrons. The monoisotopic (exact) mass is 474 g/mol. The molecule has 1 aromatic heterocycles. The van der Waals surface area contributed by atoms with Crippen molar-refractivity contribution in [2.75, 3.05) is 20.5 Å². The van der Waals surface area contributed by atoms with Crippen molar-refractivity contribution in [3.63, 3.8) is 0 Å². The third-order valence-corrected chi connectivity index (χ3v) is 6.23. The first kappa shape index (κ1) is 22.4. The minimum absolute atomic E-state index is 0.0954. The third kappa shape index (κ3) is 5.17. The summed E-state index contributed by atoms with van der Waals surface area (Å²) in [5.74, 6) is 2.02. The Hall–Kier alpha value is -2.75. The number of benzene rings is 2. The van der Waals surface area contributed by atoms with Crippen LogP contribution < -0.4 is 14.8 Å². The topological polar surface area (TPSA) is 87.5 Å². The number of aromatic nitrogens is 3. The molecular weight excluding hydrogens is 452 g/mol. The fourth-order valence-corrected chi connectivity index (χ4v) is 4.19. The van der Waals surface area contributed by atoms with E-state index in [9.17, 15) is 4.79 Å². The fourth-order valence-electron chi connectivity index (χ4n) is 3.17. The zero-order chi connectivity index (χ0) is 22.5. The Kier molecular flexibility index (Phi) is 7.19. The van der Waals surface area contributed by atoms with Gasteiger partial charge in [-0.1, -0.05) is 29.4 Å². The van der Waals surface area contributed by atoms with E-state index in [-0.39, 0.29) is 18.0 Å². The van der Waals surface area contributed by atoms with E-state index in [1.165, 1.54) is 11.8 Å². The number of nitrogens with zero attached hydrogens (tertiary/aromatic N) is 3. The van der Waals surface area contributed by atoms with Gasteiger partial charge in [0, 0.05) is 24.2 Å². The average Bonchev–Trinajstić information content (AvgIpc) is 3.43. The molecule has 1 atom stereocenters. The van der Waals surface area contributed by atoms with Crippen LogP contribution in [0.4, 0.5) is 0 Å². The Morgan fingerprint density at radius 2 is 2.00 bits per heavy atom. The van der Waals surface area contributed by atoms with Crippen LogP contribution in [-0.4, -0.2) is 46.4 Å². The second-order valence-corrected chi connectivity index (χ2v) is 8.87. The molecule has 1 aliphatic rings. The Labute approximate surface area is 195 Å². The molecule has 8 nitrogen and oxygen atoms in total. The van der Waals surface area contributed by atoms with E-state index in [0.29, 0.717) is 41.4 Å². The number of carbonyl (C=O) groups is 1. The molecule has 1 aliphatic heterocycles. The number of hydrogen-bond acceptors (Lipinski definition) is 7. The normalized spacial score (nSPS) is 13.2. The first-order chi connectivity index (χ1) is 15.5. The van der Waals surface area contributed by atoms with Gasteiger partial charge >= 0.3 is 0 Å². The van der Waals surface area contributed by atoms with E-state index in [4.69, 9.17) is 25.8 Å². The van der Waals surface area contributed by atoms with Crippen LogP contribution in [0.5, 0.6) is 11.5 Å². The van der Waals surface area contributed by atoms with E-state index in [0.717, 1.165) is 16.9 Å². The molecule has 0 saturated carbocycles. The van der Waals surface area contributed by atoms with Crippen molar-refractivity contribution in [1.29, 1.82) is 0 Å². The van der Waals surface area contributed by atoms with Crippen molar-refractivity contribution in [3.05, 3.63) is 53.1 Å². The predicted octanol–water partition coefficient (Wildman–Crippen LogP) is 3.77. The Morgan fingerprint density at radius 1 is 1.22 bits per heavy atom. The first-order valence-electron chi connectivity index (χ1n) is 10.1. The molecule has 0 fully saturated rings. The number of methoxy groups -OCH3 is 1. The molecule has 3 aromatic rings. The lowest BCUT2D eigenvalue weighted by Crippen LogP contribution is -2.30. The quantitative estimate of drug-likeness (QED) is 0.472. The summed E-state index contributed by atoms with van der Waals surface area (Å²) in [7, 11) is 1.64. The number of fused-ring (bicyclic) bond motifs is 1. The van der Waals surface area contributed by atoms with Crippen LogP contribution >= 0.6 is 23.4 Å². The van der Waals surface area contributed by atoms with Crippen LogP contribution in [0.1, 0.15) is 12.5 Å². The molecule has 0 saturated heterocycles. The molecule has 0 bridgehead atoms. The number of thioether (sulfide) groups is 1. The smallest absolute Gasteiger partial charge is 0.233 e. The van der Waals surface area contributed by atoms with Crippen molar-refractivity contribution in [1.82, 2.24) is 20.1 Å². The lowest BCUT2D eigenvalue weighted by molar-refractivity contribution is -0.120. The number of halogens is 1. The minimum atomic E-state index is -0.368. The van der Waals surface area contributed by atoms with Crippen LogP contribution in [0, 0.1) is 0 Å². The van der Waals surface area contributed by atoms with Gasteiger partial charge in [-0.25, -0.2) is 0 Å². The lowest BCUT2D eigenvalue weighted by Gasteiger charge is -2.14. The second-order valence-electron chi connectivity index (χ2n) is 7.12. The summed E-state index contributed by atoms with van der Waals surface area (Å²) in [6.45, 7) is 3.52. The molecule has 1 amide bonds. The molecule has 1 unspecified atom stereocenters. The van der Waals surface area contributed by atoms with Gasteiger partial charge in [-0.05, 0) is 48.9 Å². The zero-order valence-electron chi connectivity index (χ0n) is 17.7. The van der Waals surface area contributed by atoms with Crippen LogP contribution in [-0.2, 0) is 22.6 Å². The molecule has 0 aliphatic carbocycles. The number of rotatable bonds is 9. The number of nitrogens with one attached hydrogen (secondary N) is 1. The highest BCUT2D eigenvalue weighted by Crippen LogP contribution is 2.32. The molecule has 0 spiro atoms. The van der Waals surface area contributed by atoms with Crippen molar-refractivity contribution in [2.45, 2.75) is 30.4 Å². The SMILES string of the molecule is COCCn1c(SC(C)C(=O)NCc2ccc3c(c2)OCO3)nnc1-c1ccc(Cl)cc1. The van der Waals surface area contributed by atoms with Crippen molar-refractivity contribution in [2.24, 2.45) is 0 Å². The molecule has 168 valence electrons. The second kappa shape index (κ2) is 10.2. The molecular formula is C22H23ClN4O4S. The number of ether oxygens (including phenoxy) is 3. The first-order valence-corrected chi connectivity index (χ1v) is 11.3. The summed E-state index contributed by atoms with van der Waals surface area (Å²) >= 11 is 7.36. The highest BCUT2D eigenvalue weighted by molar-refractivity contribution is 8.00. The average molecular weight is 475 g/mol. The van der Waals surface area contributed by atoms with Gasteiger partial charge in [-0.3, -0.25) is 9.36 Å². The fraction of sp³-hybridized carbons (Fsp3) is 0.318. The Morgan fingerprint density at radius 3 is 2.78 bits per heavy atom. The molecule has 1 N–H and O–H groups in total. The maximum Gasteiger partial charge on any atom is 0.233 e. The van der Waals surface area contributed by atoms with Crippen LogP contribution in [0.15, 0.2) is 47.6 Å². The summed E-state index contributed by atoms with van der Waals surface area (Å²) < 4.78 is 17.9. The van der Waals surface area contributed by atoms with Gasteiger partial charge in [0.1, 0.15) is 0 Å². The van der Waals surface area contributed by atoms with E-state index >= 15 is 0 Å². The van der Waals surface area contributed by atoms with E-state index in [1.807, 2.05) is 54.0 Å².